The number of aryl methyl sites for hydroxylation is 3. The molecule has 2 aromatic rings. The number of carbonyl (C=O) groups is 1. The number of nitrogens with two attached hydrogens (primary N) is 1. The summed E-state index contributed by atoms with van der Waals surface area (Å²) in [4.78, 5) is 11.2. The molecule has 0 amide bonds. The van der Waals surface area contributed by atoms with Crippen LogP contribution in [0.3, 0.4) is 0 Å². The first-order chi connectivity index (χ1) is 9.79. The van der Waals surface area contributed by atoms with Crippen LogP contribution in [0.15, 0.2) is 28.7 Å². The number of anilines is 3. The standard InChI is InChI=1S/C16H17BrN2O2/c1-8-6-12(7-13(14(8)18)16(20)21)19-15-9(2)4-11(17)5-10(15)3/h4-7,19H,18H2,1-3H3,(H,20,21). The van der Waals surface area contributed by atoms with Crippen molar-refractivity contribution >= 4 is 39.0 Å². The van der Waals surface area contributed by atoms with Crippen LogP contribution in [0, 0.1) is 20.8 Å². The molecule has 0 spiro atoms. The van der Waals surface area contributed by atoms with Gasteiger partial charge in [-0.3, -0.25) is 0 Å². The second-order valence-corrected chi connectivity index (χ2v) is 6.01. The van der Waals surface area contributed by atoms with E-state index in [9.17, 15) is 9.90 Å². The highest BCUT2D eigenvalue weighted by Gasteiger charge is 2.13. The Morgan fingerprint density at radius 2 is 1.67 bits per heavy atom. The van der Waals surface area contributed by atoms with Gasteiger partial charge in [0.15, 0.2) is 0 Å². The summed E-state index contributed by atoms with van der Waals surface area (Å²) < 4.78 is 1.02. The number of nitrogen functional groups attached to an aromatic ring is 1. The summed E-state index contributed by atoms with van der Waals surface area (Å²) in [7, 11) is 0. The zero-order valence-corrected chi connectivity index (χ0v) is 13.7. The summed E-state index contributed by atoms with van der Waals surface area (Å²) in [5.74, 6) is -1.02. The van der Waals surface area contributed by atoms with Crippen LogP contribution in [0.25, 0.3) is 0 Å². The molecule has 0 heterocycles. The van der Waals surface area contributed by atoms with E-state index in [1.807, 2.05) is 32.0 Å². The highest BCUT2D eigenvalue weighted by molar-refractivity contribution is 9.10. The Hall–Kier alpha value is -2.01. The molecule has 0 aromatic heterocycles. The predicted octanol–water partition coefficient (Wildman–Crippen LogP) is 4.40. The largest absolute Gasteiger partial charge is 0.478 e. The zero-order chi connectivity index (χ0) is 15.7. The molecular weight excluding hydrogens is 332 g/mol. The van der Waals surface area contributed by atoms with Gasteiger partial charge in [-0.25, -0.2) is 4.79 Å². The monoisotopic (exact) mass is 348 g/mol. The lowest BCUT2D eigenvalue weighted by atomic mass is 10.1. The van der Waals surface area contributed by atoms with Gasteiger partial charge < -0.3 is 16.2 Å². The normalized spacial score (nSPS) is 10.5. The first-order valence-electron chi connectivity index (χ1n) is 6.46. The molecule has 0 radical (unpaired) electrons. The van der Waals surface area contributed by atoms with Crippen LogP contribution < -0.4 is 11.1 Å². The third-order valence-electron chi connectivity index (χ3n) is 3.38. The van der Waals surface area contributed by atoms with Crippen molar-refractivity contribution in [3.8, 4) is 0 Å². The van der Waals surface area contributed by atoms with E-state index in [1.165, 1.54) is 0 Å². The molecule has 0 unspecified atom stereocenters. The van der Waals surface area contributed by atoms with Crippen LogP contribution in [0.5, 0.6) is 0 Å². The molecule has 0 saturated carbocycles. The number of nitrogens with one attached hydrogen (secondary N) is 1. The van der Waals surface area contributed by atoms with E-state index in [2.05, 4.69) is 21.2 Å². The Morgan fingerprint density at radius 1 is 1.10 bits per heavy atom. The fraction of sp³-hybridized carbons (Fsp3) is 0.188. The maximum absolute atomic E-state index is 11.2. The van der Waals surface area contributed by atoms with Crippen molar-refractivity contribution in [3.05, 3.63) is 51.0 Å². The van der Waals surface area contributed by atoms with Gasteiger partial charge in [-0.05, 0) is 61.7 Å². The molecule has 2 rings (SSSR count). The fourth-order valence-electron chi connectivity index (χ4n) is 2.30. The van der Waals surface area contributed by atoms with E-state index in [0.29, 0.717) is 11.4 Å². The highest BCUT2D eigenvalue weighted by atomic mass is 79.9. The lowest BCUT2D eigenvalue weighted by molar-refractivity contribution is 0.0698. The third-order valence-corrected chi connectivity index (χ3v) is 3.84. The predicted molar refractivity (Wildman–Crippen MR) is 89.4 cm³/mol. The summed E-state index contributed by atoms with van der Waals surface area (Å²) >= 11 is 3.46. The average molecular weight is 349 g/mol. The molecule has 0 aliphatic heterocycles. The van der Waals surface area contributed by atoms with Gasteiger partial charge >= 0.3 is 5.97 Å². The lowest BCUT2D eigenvalue weighted by Gasteiger charge is -2.15. The van der Waals surface area contributed by atoms with Gasteiger partial charge in [0.05, 0.1) is 5.56 Å². The van der Waals surface area contributed by atoms with Crippen molar-refractivity contribution in [1.82, 2.24) is 0 Å². The molecule has 0 aliphatic carbocycles. The summed E-state index contributed by atoms with van der Waals surface area (Å²) in [6, 6.07) is 7.43. The molecule has 0 aliphatic rings. The van der Waals surface area contributed by atoms with Gasteiger partial charge in [-0.15, -0.1) is 0 Å². The van der Waals surface area contributed by atoms with Gasteiger partial charge in [-0.2, -0.15) is 0 Å². The molecule has 4 nitrogen and oxygen atoms in total. The summed E-state index contributed by atoms with van der Waals surface area (Å²) in [6.45, 7) is 5.80. The molecule has 4 N–H and O–H groups in total. The number of carboxylic acids is 1. The third kappa shape index (κ3) is 3.19. The van der Waals surface area contributed by atoms with Crippen molar-refractivity contribution < 1.29 is 9.90 Å². The first kappa shape index (κ1) is 15.4. The molecule has 0 bridgehead atoms. The minimum absolute atomic E-state index is 0.116. The van der Waals surface area contributed by atoms with E-state index >= 15 is 0 Å². The van der Waals surface area contributed by atoms with Crippen LogP contribution in [-0.4, -0.2) is 11.1 Å². The molecule has 2 aromatic carbocycles. The molecule has 0 saturated heterocycles. The number of hydrogen-bond donors (Lipinski definition) is 3. The second kappa shape index (κ2) is 5.77. The molecule has 5 heteroatoms. The fourth-order valence-corrected chi connectivity index (χ4v) is 2.99. The number of hydrogen-bond acceptors (Lipinski definition) is 3. The SMILES string of the molecule is Cc1cc(Nc2c(C)cc(Br)cc2C)cc(C(=O)O)c1N. The van der Waals surface area contributed by atoms with Crippen LogP contribution in [0.1, 0.15) is 27.0 Å². The maximum atomic E-state index is 11.2. The van der Waals surface area contributed by atoms with Crippen molar-refractivity contribution in [2.45, 2.75) is 20.8 Å². The Bertz CT molecular complexity index is 703. The minimum Gasteiger partial charge on any atom is -0.478 e. The Balaban J connectivity index is 2.48. The number of benzene rings is 2. The number of carboxylic acid groups (broad SMARTS) is 1. The van der Waals surface area contributed by atoms with Crippen LogP contribution in [0.4, 0.5) is 17.1 Å². The van der Waals surface area contributed by atoms with E-state index in [0.717, 1.165) is 26.9 Å². The molecule has 21 heavy (non-hydrogen) atoms. The number of rotatable bonds is 3. The van der Waals surface area contributed by atoms with Gasteiger partial charge in [0.25, 0.3) is 0 Å². The zero-order valence-electron chi connectivity index (χ0n) is 12.1. The molecular formula is C16H17BrN2O2. The molecule has 0 fully saturated rings. The maximum Gasteiger partial charge on any atom is 0.337 e. The lowest BCUT2D eigenvalue weighted by Crippen LogP contribution is -2.06. The number of halogens is 1. The van der Waals surface area contributed by atoms with Crippen molar-refractivity contribution in [3.63, 3.8) is 0 Å². The van der Waals surface area contributed by atoms with Gasteiger partial charge in [0.2, 0.25) is 0 Å². The minimum atomic E-state index is -1.02. The van der Waals surface area contributed by atoms with E-state index in [4.69, 9.17) is 5.73 Å². The Labute approximate surface area is 132 Å². The summed E-state index contributed by atoms with van der Waals surface area (Å²) in [5.41, 5.74) is 10.8. The Morgan fingerprint density at radius 3 is 2.19 bits per heavy atom. The highest BCUT2D eigenvalue weighted by Crippen LogP contribution is 2.30. The van der Waals surface area contributed by atoms with Gasteiger partial charge in [0.1, 0.15) is 0 Å². The van der Waals surface area contributed by atoms with Crippen molar-refractivity contribution in [2.24, 2.45) is 0 Å². The Kier molecular flexibility index (Phi) is 4.23. The second-order valence-electron chi connectivity index (χ2n) is 5.10. The van der Waals surface area contributed by atoms with Gasteiger partial charge in [-0.1, -0.05) is 15.9 Å². The van der Waals surface area contributed by atoms with Crippen LogP contribution >= 0.6 is 15.9 Å². The van der Waals surface area contributed by atoms with Crippen molar-refractivity contribution in [1.29, 1.82) is 0 Å². The average Bonchev–Trinajstić information content (AvgIpc) is 2.37. The van der Waals surface area contributed by atoms with Crippen LogP contribution in [-0.2, 0) is 0 Å². The quantitative estimate of drug-likeness (QED) is 0.718. The topological polar surface area (TPSA) is 75.3 Å². The van der Waals surface area contributed by atoms with Crippen LogP contribution in [0.2, 0.25) is 0 Å². The smallest absolute Gasteiger partial charge is 0.337 e. The van der Waals surface area contributed by atoms with Gasteiger partial charge in [0, 0.05) is 21.5 Å². The molecule has 0 atom stereocenters. The molecule has 110 valence electrons. The van der Waals surface area contributed by atoms with E-state index in [1.54, 1.807) is 13.0 Å². The first-order valence-corrected chi connectivity index (χ1v) is 7.26. The number of aromatic carboxylic acids is 1. The van der Waals surface area contributed by atoms with E-state index < -0.39 is 5.97 Å². The van der Waals surface area contributed by atoms with E-state index in [-0.39, 0.29) is 5.56 Å². The summed E-state index contributed by atoms with van der Waals surface area (Å²) in [5, 5.41) is 12.5. The van der Waals surface area contributed by atoms with Crippen molar-refractivity contribution in [2.75, 3.05) is 11.1 Å². The summed E-state index contributed by atoms with van der Waals surface area (Å²) in [6.07, 6.45) is 0.